The molecule has 0 radical (unpaired) electrons. The van der Waals surface area contributed by atoms with Crippen molar-refractivity contribution in [3.05, 3.63) is 82.9 Å². The summed E-state index contributed by atoms with van der Waals surface area (Å²) in [7, 11) is 0. The van der Waals surface area contributed by atoms with Crippen molar-refractivity contribution in [1.29, 1.82) is 0 Å². The minimum atomic E-state index is -0.998. The molecule has 138 valence electrons. The number of carbonyl (C=O) groups excluding carboxylic acids is 2. The third kappa shape index (κ3) is 3.79. The first-order valence-corrected chi connectivity index (χ1v) is 8.51. The molecular formula is C21H19FN2O3. The molecule has 5 nitrogen and oxygen atoms in total. The van der Waals surface area contributed by atoms with Gasteiger partial charge in [-0.25, -0.2) is 13.9 Å². The summed E-state index contributed by atoms with van der Waals surface area (Å²) < 4.78 is 20.0. The van der Waals surface area contributed by atoms with Crippen molar-refractivity contribution in [3.63, 3.8) is 0 Å². The molecule has 1 heterocycles. The van der Waals surface area contributed by atoms with E-state index in [-0.39, 0.29) is 5.56 Å². The van der Waals surface area contributed by atoms with Crippen LogP contribution in [0.1, 0.15) is 39.0 Å². The fourth-order valence-electron chi connectivity index (χ4n) is 2.88. The molecule has 1 atom stereocenters. The number of hydrogen-bond acceptors (Lipinski definition) is 4. The zero-order valence-corrected chi connectivity index (χ0v) is 15.3. The van der Waals surface area contributed by atoms with Crippen molar-refractivity contribution in [2.45, 2.75) is 26.9 Å². The molecule has 0 aliphatic heterocycles. The van der Waals surface area contributed by atoms with Crippen LogP contribution in [-0.2, 0) is 4.74 Å². The van der Waals surface area contributed by atoms with E-state index in [1.165, 1.54) is 31.2 Å². The smallest absolute Gasteiger partial charge is 0.342 e. The molecule has 0 amide bonds. The van der Waals surface area contributed by atoms with E-state index in [1.54, 1.807) is 18.5 Å². The summed E-state index contributed by atoms with van der Waals surface area (Å²) in [5, 5.41) is 4.41. The van der Waals surface area contributed by atoms with Crippen LogP contribution in [0.15, 0.2) is 54.6 Å². The van der Waals surface area contributed by atoms with Gasteiger partial charge >= 0.3 is 5.97 Å². The van der Waals surface area contributed by atoms with Crippen LogP contribution >= 0.6 is 0 Å². The number of halogens is 1. The van der Waals surface area contributed by atoms with Crippen molar-refractivity contribution in [1.82, 2.24) is 9.78 Å². The van der Waals surface area contributed by atoms with Gasteiger partial charge in [-0.3, -0.25) is 4.79 Å². The number of ether oxygens (including phenoxy) is 1. The molecule has 0 fully saturated rings. The number of benzene rings is 2. The summed E-state index contributed by atoms with van der Waals surface area (Å²) in [5.74, 6) is -1.44. The number of esters is 1. The second-order valence-corrected chi connectivity index (χ2v) is 6.21. The molecule has 0 unspecified atom stereocenters. The first-order chi connectivity index (χ1) is 12.9. The molecule has 1 aromatic heterocycles. The third-order valence-electron chi connectivity index (χ3n) is 4.28. The number of carbonyl (C=O) groups is 2. The molecule has 2 aromatic carbocycles. The van der Waals surface area contributed by atoms with Crippen LogP contribution in [0.5, 0.6) is 0 Å². The fraction of sp³-hybridized carbons (Fsp3) is 0.190. The Bertz CT molecular complexity index is 979. The average Bonchev–Trinajstić information content (AvgIpc) is 2.96. The Morgan fingerprint density at radius 1 is 1.04 bits per heavy atom. The Morgan fingerprint density at radius 3 is 2.30 bits per heavy atom. The molecule has 3 rings (SSSR count). The summed E-state index contributed by atoms with van der Waals surface area (Å²) in [5.41, 5.74) is 2.59. The SMILES string of the molecule is Cc1nn(-c2ccccc2)c(C)c1C(=O)O[C@H](C)C(=O)c1ccc(F)cc1. The first-order valence-electron chi connectivity index (χ1n) is 8.51. The van der Waals surface area contributed by atoms with Crippen LogP contribution in [0.4, 0.5) is 4.39 Å². The van der Waals surface area contributed by atoms with Crippen molar-refractivity contribution >= 4 is 11.8 Å². The molecule has 6 heteroatoms. The van der Waals surface area contributed by atoms with Crippen LogP contribution < -0.4 is 0 Å². The topological polar surface area (TPSA) is 61.2 Å². The van der Waals surface area contributed by atoms with Gasteiger partial charge in [-0.2, -0.15) is 5.10 Å². The van der Waals surface area contributed by atoms with Gasteiger partial charge in [-0.15, -0.1) is 0 Å². The third-order valence-corrected chi connectivity index (χ3v) is 4.28. The van der Waals surface area contributed by atoms with E-state index in [0.717, 1.165) is 5.69 Å². The summed E-state index contributed by atoms with van der Waals surface area (Å²) in [6.07, 6.45) is -0.998. The van der Waals surface area contributed by atoms with Gasteiger partial charge in [0.25, 0.3) is 0 Å². The van der Waals surface area contributed by atoms with Crippen molar-refractivity contribution < 1.29 is 18.7 Å². The average molecular weight is 366 g/mol. The predicted molar refractivity (Wildman–Crippen MR) is 98.6 cm³/mol. The Morgan fingerprint density at radius 2 is 1.67 bits per heavy atom. The minimum Gasteiger partial charge on any atom is -0.451 e. The number of para-hydroxylation sites is 1. The molecule has 0 bridgehead atoms. The zero-order chi connectivity index (χ0) is 19.6. The van der Waals surface area contributed by atoms with Crippen molar-refractivity contribution in [2.24, 2.45) is 0 Å². The van der Waals surface area contributed by atoms with E-state index >= 15 is 0 Å². The molecule has 0 N–H and O–H groups in total. The molecular weight excluding hydrogens is 347 g/mol. The number of aromatic nitrogens is 2. The second-order valence-electron chi connectivity index (χ2n) is 6.21. The Hall–Kier alpha value is -3.28. The number of nitrogens with zero attached hydrogens (tertiary/aromatic N) is 2. The molecule has 27 heavy (non-hydrogen) atoms. The lowest BCUT2D eigenvalue weighted by Crippen LogP contribution is -2.25. The molecule has 0 saturated heterocycles. The Labute approximate surface area is 156 Å². The highest BCUT2D eigenvalue weighted by Gasteiger charge is 2.25. The first kappa shape index (κ1) is 18.5. The lowest BCUT2D eigenvalue weighted by molar-refractivity contribution is 0.0317. The Balaban J connectivity index is 1.81. The lowest BCUT2D eigenvalue weighted by Gasteiger charge is -2.12. The molecule has 0 aliphatic carbocycles. The normalized spacial score (nSPS) is 11.9. The van der Waals surface area contributed by atoms with E-state index in [1.807, 2.05) is 30.3 Å². The van der Waals surface area contributed by atoms with E-state index in [4.69, 9.17) is 4.74 Å². The second kappa shape index (κ2) is 7.53. The maximum atomic E-state index is 13.0. The zero-order valence-electron chi connectivity index (χ0n) is 15.3. The summed E-state index contributed by atoms with van der Waals surface area (Å²) >= 11 is 0. The molecule has 0 spiro atoms. The van der Waals surface area contributed by atoms with E-state index in [9.17, 15) is 14.0 Å². The number of rotatable bonds is 5. The number of Topliss-reactive ketones (excluding diaryl/α,β-unsaturated/α-hetero) is 1. The standard InChI is InChI=1S/C21H19FN2O3/c1-13-19(14(2)24(23-13)18-7-5-4-6-8-18)21(26)27-15(3)20(25)16-9-11-17(22)12-10-16/h4-12,15H,1-3H3/t15-/m1/s1. The van der Waals surface area contributed by atoms with E-state index in [0.29, 0.717) is 17.0 Å². The van der Waals surface area contributed by atoms with Crippen LogP contribution in [0.2, 0.25) is 0 Å². The largest absolute Gasteiger partial charge is 0.451 e. The molecule has 0 aliphatic rings. The summed E-state index contributed by atoms with van der Waals surface area (Å²) in [6.45, 7) is 4.99. The predicted octanol–water partition coefficient (Wildman–Crippen LogP) is 4.06. The lowest BCUT2D eigenvalue weighted by atomic mass is 10.1. The van der Waals surface area contributed by atoms with Gasteiger partial charge in [0, 0.05) is 5.56 Å². The van der Waals surface area contributed by atoms with Crippen LogP contribution in [-0.4, -0.2) is 27.6 Å². The highest BCUT2D eigenvalue weighted by molar-refractivity contribution is 6.01. The van der Waals surface area contributed by atoms with Crippen LogP contribution in [0, 0.1) is 19.7 Å². The van der Waals surface area contributed by atoms with Crippen LogP contribution in [0.25, 0.3) is 5.69 Å². The van der Waals surface area contributed by atoms with Gasteiger partial charge in [0.15, 0.2) is 6.10 Å². The van der Waals surface area contributed by atoms with Gasteiger partial charge in [0.05, 0.1) is 17.1 Å². The quantitative estimate of drug-likeness (QED) is 0.505. The minimum absolute atomic E-state index is 0.283. The Kier molecular flexibility index (Phi) is 5.16. The number of ketones is 1. The molecule has 3 aromatic rings. The number of hydrogen-bond donors (Lipinski definition) is 0. The summed E-state index contributed by atoms with van der Waals surface area (Å²) in [6, 6.07) is 14.6. The monoisotopic (exact) mass is 366 g/mol. The fourth-order valence-corrected chi connectivity index (χ4v) is 2.88. The molecule has 0 saturated carbocycles. The van der Waals surface area contributed by atoms with Gasteiger partial charge in [0.1, 0.15) is 11.4 Å². The highest BCUT2D eigenvalue weighted by atomic mass is 19.1. The maximum absolute atomic E-state index is 13.0. The van der Waals surface area contributed by atoms with Crippen molar-refractivity contribution in [3.8, 4) is 5.69 Å². The van der Waals surface area contributed by atoms with E-state index in [2.05, 4.69) is 5.10 Å². The van der Waals surface area contributed by atoms with Gasteiger partial charge in [-0.05, 0) is 57.2 Å². The highest BCUT2D eigenvalue weighted by Crippen LogP contribution is 2.20. The summed E-state index contributed by atoms with van der Waals surface area (Å²) in [4.78, 5) is 25.0. The van der Waals surface area contributed by atoms with Crippen molar-refractivity contribution in [2.75, 3.05) is 0 Å². The van der Waals surface area contributed by atoms with E-state index < -0.39 is 23.7 Å². The number of aryl methyl sites for hydroxylation is 1. The van der Waals surface area contributed by atoms with Gasteiger partial charge < -0.3 is 4.74 Å². The van der Waals surface area contributed by atoms with Gasteiger partial charge in [0.2, 0.25) is 5.78 Å². The van der Waals surface area contributed by atoms with Gasteiger partial charge in [-0.1, -0.05) is 18.2 Å². The van der Waals surface area contributed by atoms with Crippen LogP contribution in [0.3, 0.4) is 0 Å². The maximum Gasteiger partial charge on any atom is 0.342 e.